The number of fused-ring (bicyclic) bond motifs is 1. The molecular formula is C15H10Cl2IN3. The molecule has 3 rings (SSSR count). The Kier molecular flexibility index (Phi) is 4.28. The van der Waals surface area contributed by atoms with Crippen LogP contribution in [0.4, 0.5) is 0 Å². The van der Waals surface area contributed by atoms with Crippen LogP contribution in [-0.4, -0.2) is 15.0 Å². The van der Waals surface area contributed by atoms with Crippen molar-refractivity contribution in [3.8, 4) is 11.4 Å². The van der Waals surface area contributed by atoms with Crippen molar-refractivity contribution in [2.24, 2.45) is 0 Å². The van der Waals surface area contributed by atoms with Gasteiger partial charge in [-0.25, -0.2) is 9.97 Å². The standard InChI is InChI=1S/C15H10Cl2IN3/c1-2-11-12(18)14(17)21-15(20-11)9-5-6-10(16)8-4-3-7-19-13(8)9/h3-7H,2H2,1H3. The second kappa shape index (κ2) is 6.02. The summed E-state index contributed by atoms with van der Waals surface area (Å²) in [7, 11) is 0. The van der Waals surface area contributed by atoms with Crippen LogP contribution in [0.15, 0.2) is 30.5 Å². The first-order valence-corrected chi connectivity index (χ1v) is 8.20. The quantitative estimate of drug-likeness (QED) is 0.416. The minimum Gasteiger partial charge on any atom is -0.255 e. The summed E-state index contributed by atoms with van der Waals surface area (Å²) in [5.74, 6) is 0.581. The summed E-state index contributed by atoms with van der Waals surface area (Å²) in [6, 6.07) is 7.51. The van der Waals surface area contributed by atoms with E-state index in [-0.39, 0.29) is 0 Å². The lowest BCUT2D eigenvalue weighted by Gasteiger charge is -2.09. The lowest BCUT2D eigenvalue weighted by Crippen LogP contribution is -2.00. The Bertz CT molecular complexity index is 837. The summed E-state index contributed by atoms with van der Waals surface area (Å²) in [5.41, 5.74) is 2.55. The fourth-order valence-corrected chi connectivity index (χ4v) is 3.16. The molecule has 0 aliphatic rings. The van der Waals surface area contributed by atoms with Crippen LogP contribution in [0.5, 0.6) is 0 Å². The second-order valence-electron chi connectivity index (χ2n) is 4.45. The van der Waals surface area contributed by atoms with E-state index in [1.807, 2.05) is 31.2 Å². The van der Waals surface area contributed by atoms with Gasteiger partial charge in [-0.15, -0.1) is 0 Å². The highest BCUT2D eigenvalue weighted by atomic mass is 127. The molecule has 3 nitrogen and oxygen atoms in total. The fourth-order valence-electron chi connectivity index (χ4n) is 2.14. The van der Waals surface area contributed by atoms with Crippen LogP contribution in [0.3, 0.4) is 0 Å². The molecule has 0 amide bonds. The maximum atomic E-state index is 6.23. The summed E-state index contributed by atoms with van der Waals surface area (Å²) < 4.78 is 0.895. The average Bonchev–Trinajstić information content (AvgIpc) is 2.51. The van der Waals surface area contributed by atoms with Gasteiger partial charge in [0.25, 0.3) is 0 Å². The highest BCUT2D eigenvalue weighted by Gasteiger charge is 2.14. The topological polar surface area (TPSA) is 38.7 Å². The molecule has 6 heteroatoms. The van der Waals surface area contributed by atoms with Crippen molar-refractivity contribution in [2.75, 3.05) is 0 Å². The Morgan fingerprint density at radius 2 is 1.95 bits per heavy atom. The van der Waals surface area contributed by atoms with Gasteiger partial charge >= 0.3 is 0 Å². The van der Waals surface area contributed by atoms with E-state index in [2.05, 4.69) is 37.5 Å². The molecule has 0 aliphatic carbocycles. The number of nitrogens with zero attached hydrogens (tertiary/aromatic N) is 3. The number of halogens is 3. The predicted octanol–water partition coefficient (Wildman–Crippen LogP) is 5.17. The number of rotatable bonds is 2. The summed E-state index contributed by atoms with van der Waals surface area (Å²) in [6.45, 7) is 2.04. The fraction of sp³-hybridized carbons (Fsp3) is 0.133. The molecular weight excluding hydrogens is 420 g/mol. The van der Waals surface area contributed by atoms with Gasteiger partial charge in [-0.1, -0.05) is 30.1 Å². The number of pyridine rings is 1. The Labute approximate surface area is 145 Å². The van der Waals surface area contributed by atoms with E-state index in [1.165, 1.54) is 0 Å². The van der Waals surface area contributed by atoms with Crippen molar-refractivity contribution < 1.29 is 0 Å². The molecule has 0 saturated heterocycles. The van der Waals surface area contributed by atoms with Crippen molar-refractivity contribution in [3.63, 3.8) is 0 Å². The number of aromatic nitrogens is 3. The molecule has 0 atom stereocenters. The second-order valence-corrected chi connectivity index (χ2v) is 6.29. The molecule has 0 N–H and O–H groups in total. The Balaban J connectivity index is 2.31. The van der Waals surface area contributed by atoms with Crippen molar-refractivity contribution >= 4 is 56.7 Å². The largest absolute Gasteiger partial charge is 0.255 e. The normalized spacial score (nSPS) is 11.0. The maximum Gasteiger partial charge on any atom is 0.163 e. The van der Waals surface area contributed by atoms with E-state index in [0.29, 0.717) is 16.0 Å². The van der Waals surface area contributed by atoms with E-state index >= 15 is 0 Å². The number of benzene rings is 1. The smallest absolute Gasteiger partial charge is 0.163 e. The van der Waals surface area contributed by atoms with Gasteiger partial charge in [0.05, 0.1) is 19.8 Å². The molecule has 0 radical (unpaired) electrons. The first-order chi connectivity index (χ1) is 10.1. The van der Waals surface area contributed by atoms with E-state index in [4.69, 9.17) is 23.2 Å². The molecule has 0 spiro atoms. The van der Waals surface area contributed by atoms with Gasteiger partial charge < -0.3 is 0 Å². The van der Waals surface area contributed by atoms with Crippen molar-refractivity contribution in [3.05, 3.63) is 49.9 Å². The van der Waals surface area contributed by atoms with Crippen LogP contribution in [0.25, 0.3) is 22.3 Å². The molecule has 1 aromatic carbocycles. The zero-order chi connectivity index (χ0) is 15.0. The van der Waals surface area contributed by atoms with Crippen molar-refractivity contribution in [1.82, 2.24) is 15.0 Å². The van der Waals surface area contributed by atoms with Crippen molar-refractivity contribution in [1.29, 1.82) is 0 Å². The SMILES string of the molecule is CCc1nc(-c2ccc(Cl)c3cccnc23)nc(Cl)c1I. The minimum absolute atomic E-state index is 0.469. The average molecular weight is 430 g/mol. The molecule has 2 heterocycles. The minimum atomic E-state index is 0.469. The van der Waals surface area contributed by atoms with Gasteiger partial charge in [-0.2, -0.15) is 0 Å². The number of aryl methyl sites for hydroxylation is 1. The van der Waals surface area contributed by atoms with E-state index in [0.717, 1.165) is 32.2 Å². The van der Waals surface area contributed by atoms with Gasteiger partial charge in [-0.05, 0) is 53.3 Å². The Morgan fingerprint density at radius 1 is 1.14 bits per heavy atom. The van der Waals surface area contributed by atoms with Crippen molar-refractivity contribution in [2.45, 2.75) is 13.3 Å². The Hall–Kier alpha value is -0.980. The third kappa shape index (κ3) is 2.72. The Morgan fingerprint density at radius 3 is 2.71 bits per heavy atom. The van der Waals surface area contributed by atoms with Crippen LogP contribution >= 0.6 is 45.8 Å². The zero-order valence-corrected chi connectivity index (χ0v) is 14.7. The molecule has 0 bridgehead atoms. The molecule has 21 heavy (non-hydrogen) atoms. The van der Waals surface area contributed by atoms with Crippen LogP contribution in [0.1, 0.15) is 12.6 Å². The highest BCUT2D eigenvalue weighted by molar-refractivity contribution is 14.1. The molecule has 0 aliphatic heterocycles. The summed E-state index contributed by atoms with van der Waals surface area (Å²) >= 11 is 14.6. The lowest BCUT2D eigenvalue weighted by molar-refractivity contribution is 0.990. The number of hydrogen-bond acceptors (Lipinski definition) is 3. The first-order valence-electron chi connectivity index (χ1n) is 6.37. The van der Waals surface area contributed by atoms with Crippen LogP contribution in [0, 0.1) is 3.57 Å². The monoisotopic (exact) mass is 429 g/mol. The van der Waals surface area contributed by atoms with E-state index in [1.54, 1.807) is 6.20 Å². The van der Waals surface area contributed by atoms with Gasteiger partial charge in [-0.3, -0.25) is 4.98 Å². The predicted molar refractivity (Wildman–Crippen MR) is 94.9 cm³/mol. The van der Waals surface area contributed by atoms with Gasteiger partial charge in [0.15, 0.2) is 5.82 Å². The lowest BCUT2D eigenvalue weighted by atomic mass is 10.1. The molecule has 106 valence electrons. The summed E-state index contributed by atoms with van der Waals surface area (Å²) in [4.78, 5) is 13.4. The van der Waals surface area contributed by atoms with Crippen LogP contribution < -0.4 is 0 Å². The van der Waals surface area contributed by atoms with Crippen LogP contribution in [-0.2, 0) is 6.42 Å². The molecule has 0 fully saturated rings. The molecule has 0 unspecified atom stereocenters. The van der Waals surface area contributed by atoms with Crippen LogP contribution in [0.2, 0.25) is 10.2 Å². The summed E-state index contributed by atoms with van der Waals surface area (Å²) in [5, 5.41) is 2.01. The van der Waals surface area contributed by atoms with Gasteiger partial charge in [0.2, 0.25) is 0 Å². The third-order valence-corrected chi connectivity index (χ3v) is 5.23. The molecule has 2 aromatic heterocycles. The number of hydrogen-bond donors (Lipinski definition) is 0. The first kappa shape index (κ1) is 14.9. The summed E-state index contributed by atoms with van der Waals surface area (Å²) in [6.07, 6.45) is 2.53. The van der Waals surface area contributed by atoms with E-state index < -0.39 is 0 Å². The maximum absolute atomic E-state index is 6.23. The zero-order valence-electron chi connectivity index (χ0n) is 11.1. The molecule has 0 saturated carbocycles. The third-order valence-electron chi connectivity index (χ3n) is 3.17. The van der Waals surface area contributed by atoms with Gasteiger partial charge in [0.1, 0.15) is 5.15 Å². The van der Waals surface area contributed by atoms with Gasteiger partial charge in [0, 0.05) is 17.1 Å². The molecule has 3 aromatic rings. The van der Waals surface area contributed by atoms with E-state index in [9.17, 15) is 0 Å². The highest BCUT2D eigenvalue weighted by Crippen LogP contribution is 2.31.